The molecule has 2 atom stereocenters. The second-order valence-electron chi connectivity index (χ2n) is 6.57. The minimum absolute atomic E-state index is 0. The number of unbranched alkanes of at least 4 members (excludes halogenated alkanes) is 3. The number of guanidine groups is 1. The third-order valence-electron chi connectivity index (χ3n) is 4.20. The van der Waals surface area contributed by atoms with Gasteiger partial charge in [-0.05, 0) is 31.1 Å². The number of hydrogen-bond acceptors (Lipinski definition) is 3. The lowest BCUT2D eigenvalue weighted by atomic mass is 9.92. The number of esters is 1. The van der Waals surface area contributed by atoms with Crippen LogP contribution in [0.2, 0.25) is 0 Å². The minimum Gasteiger partial charge on any atom is -0.469 e. The molecule has 1 saturated heterocycles. The Bertz CT molecular complexity index is 354. The molecular formula is C17H34IN3O2. The van der Waals surface area contributed by atoms with Crippen LogP contribution in [0.5, 0.6) is 0 Å². The van der Waals surface area contributed by atoms with Crippen LogP contribution < -0.4 is 5.32 Å². The van der Waals surface area contributed by atoms with Crippen molar-refractivity contribution in [1.29, 1.82) is 0 Å². The third kappa shape index (κ3) is 9.37. The van der Waals surface area contributed by atoms with Crippen LogP contribution in [-0.4, -0.2) is 50.6 Å². The molecule has 1 aliphatic rings. The summed E-state index contributed by atoms with van der Waals surface area (Å²) in [6.07, 6.45) is 6.09. The standard InChI is InChI=1S/C17H33N3O2.HI/c1-14-11-15(2)13-20(12-14)17(18-3)19-10-8-6-5-7-9-16(21)22-4;/h14-15H,5-13H2,1-4H3,(H,18,19);1H. The average molecular weight is 439 g/mol. The van der Waals surface area contributed by atoms with Gasteiger partial charge < -0.3 is 15.0 Å². The topological polar surface area (TPSA) is 53.9 Å². The molecule has 0 bridgehead atoms. The Hall–Kier alpha value is -0.530. The van der Waals surface area contributed by atoms with Crippen molar-refractivity contribution < 1.29 is 9.53 Å². The van der Waals surface area contributed by atoms with Crippen LogP contribution in [-0.2, 0) is 9.53 Å². The van der Waals surface area contributed by atoms with E-state index >= 15 is 0 Å². The maximum atomic E-state index is 11.0. The monoisotopic (exact) mass is 439 g/mol. The van der Waals surface area contributed by atoms with Gasteiger partial charge in [0.25, 0.3) is 0 Å². The fourth-order valence-electron chi connectivity index (χ4n) is 3.22. The second kappa shape index (κ2) is 12.8. The Morgan fingerprint density at radius 1 is 1.17 bits per heavy atom. The van der Waals surface area contributed by atoms with Gasteiger partial charge in [0.2, 0.25) is 0 Å². The molecule has 5 nitrogen and oxygen atoms in total. The first-order chi connectivity index (χ1) is 10.6. The number of hydrogen-bond donors (Lipinski definition) is 1. The summed E-state index contributed by atoms with van der Waals surface area (Å²) in [7, 11) is 3.31. The molecule has 6 heteroatoms. The van der Waals surface area contributed by atoms with Gasteiger partial charge in [0.15, 0.2) is 5.96 Å². The van der Waals surface area contributed by atoms with Gasteiger partial charge >= 0.3 is 5.97 Å². The Balaban J connectivity index is 0.00000484. The normalized spacial score (nSPS) is 21.6. The predicted molar refractivity (Wildman–Crippen MR) is 106 cm³/mol. The van der Waals surface area contributed by atoms with E-state index in [0.717, 1.165) is 63.1 Å². The number of carbonyl (C=O) groups excluding carboxylic acids is 1. The Kier molecular flexibility index (Phi) is 12.5. The first-order valence-electron chi connectivity index (χ1n) is 8.59. The summed E-state index contributed by atoms with van der Waals surface area (Å²) in [5.74, 6) is 2.40. The summed E-state index contributed by atoms with van der Waals surface area (Å²) < 4.78 is 4.64. The molecule has 1 fully saturated rings. The zero-order valence-corrected chi connectivity index (χ0v) is 17.5. The van der Waals surface area contributed by atoms with Crippen molar-refractivity contribution in [3.05, 3.63) is 0 Å². The SMILES string of the molecule is CN=C(NCCCCCCC(=O)OC)N1CC(C)CC(C)C1.I. The molecular weight excluding hydrogens is 405 g/mol. The van der Waals surface area contributed by atoms with E-state index in [4.69, 9.17) is 0 Å². The van der Waals surface area contributed by atoms with Gasteiger partial charge in [-0.1, -0.05) is 26.7 Å². The fraction of sp³-hybridized carbons (Fsp3) is 0.882. The molecule has 1 aliphatic heterocycles. The number of likely N-dealkylation sites (tertiary alicyclic amines) is 1. The number of aliphatic imine (C=N–C) groups is 1. The minimum atomic E-state index is -0.105. The van der Waals surface area contributed by atoms with Crippen LogP contribution in [0.4, 0.5) is 0 Å². The Morgan fingerprint density at radius 2 is 1.78 bits per heavy atom. The first kappa shape index (κ1) is 22.5. The highest BCUT2D eigenvalue weighted by molar-refractivity contribution is 14.0. The molecule has 0 spiro atoms. The smallest absolute Gasteiger partial charge is 0.305 e. The van der Waals surface area contributed by atoms with E-state index in [-0.39, 0.29) is 29.9 Å². The van der Waals surface area contributed by atoms with E-state index in [2.05, 4.69) is 33.8 Å². The lowest BCUT2D eigenvalue weighted by molar-refractivity contribution is -0.140. The molecule has 0 radical (unpaired) electrons. The summed E-state index contributed by atoms with van der Waals surface area (Å²) in [4.78, 5) is 17.8. The fourth-order valence-corrected chi connectivity index (χ4v) is 3.22. The maximum Gasteiger partial charge on any atom is 0.305 e. The van der Waals surface area contributed by atoms with Crippen molar-refractivity contribution in [2.75, 3.05) is 33.8 Å². The van der Waals surface area contributed by atoms with E-state index in [1.165, 1.54) is 13.5 Å². The second-order valence-corrected chi connectivity index (χ2v) is 6.57. The van der Waals surface area contributed by atoms with Gasteiger partial charge in [-0.25, -0.2) is 0 Å². The highest BCUT2D eigenvalue weighted by Gasteiger charge is 2.23. The lowest BCUT2D eigenvalue weighted by Crippen LogP contribution is -2.48. The van der Waals surface area contributed by atoms with Crippen molar-refractivity contribution in [2.45, 2.75) is 52.4 Å². The van der Waals surface area contributed by atoms with Crippen molar-refractivity contribution in [3.8, 4) is 0 Å². The molecule has 0 aromatic rings. The quantitative estimate of drug-likeness (QED) is 0.218. The third-order valence-corrected chi connectivity index (χ3v) is 4.20. The average Bonchev–Trinajstić information content (AvgIpc) is 2.48. The van der Waals surface area contributed by atoms with Crippen LogP contribution in [0.1, 0.15) is 52.4 Å². The van der Waals surface area contributed by atoms with Crippen LogP contribution in [0.25, 0.3) is 0 Å². The molecule has 2 unspecified atom stereocenters. The Labute approximate surface area is 158 Å². The number of ether oxygens (including phenoxy) is 1. The highest BCUT2D eigenvalue weighted by Crippen LogP contribution is 2.20. The molecule has 1 rings (SSSR count). The number of methoxy groups -OCH3 is 1. The van der Waals surface area contributed by atoms with Crippen molar-refractivity contribution >= 4 is 35.9 Å². The summed E-state index contributed by atoms with van der Waals surface area (Å²) in [6.45, 7) is 7.78. The van der Waals surface area contributed by atoms with Crippen molar-refractivity contribution in [1.82, 2.24) is 10.2 Å². The van der Waals surface area contributed by atoms with Crippen LogP contribution in [0.3, 0.4) is 0 Å². The number of halogens is 1. The maximum absolute atomic E-state index is 11.0. The number of carbonyl (C=O) groups is 1. The summed E-state index contributed by atoms with van der Waals surface area (Å²) in [6, 6.07) is 0. The van der Waals surface area contributed by atoms with E-state index in [0.29, 0.717) is 6.42 Å². The van der Waals surface area contributed by atoms with E-state index < -0.39 is 0 Å². The van der Waals surface area contributed by atoms with Crippen LogP contribution in [0, 0.1) is 11.8 Å². The van der Waals surface area contributed by atoms with Crippen molar-refractivity contribution in [2.24, 2.45) is 16.8 Å². The summed E-state index contributed by atoms with van der Waals surface area (Å²) in [5.41, 5.74) is 0. The number of nitrogens with zero attached hydrogens (tertiary/aromatic N) is 2. The van der Waals surface area contributed by atoms with Crippen molar-refractivity contribution in [3.63, 3.8) is 0 Å². The largest absolute Gasteiger partial charge is 0.469 e. The molecule has 0 amide bonds. The van der Waals surface area contributed by atoms with Gasteiger partial charge in [-0.2, -0.15) is 0 Å². The molecule has 1 heterocycles. The molecule has 0 aromatic carbocycles. The lowest BCUT2D eigenvalue weighted by Gasteiger charge is -2.37. The zero-order valence-electron chi connectivity index (χ0n) is 15.1. The van der Waals surface area contributed by atoms with Gasteiger partial charge in [-0.3, -0.25) is 9.79 Å². The molecule has 23 heavy (non-hydrogen) atoms. The number of nitrogens with one attached hydrogen (secondary N) is 1. The summed E-state index contributed by atoms with van der Waals surface area (Å²) >= 11 is 0. The predicted octanol–water partition coefficient (Wildman–Crippen LogP) is 3.28. The van der Waals surface area contributed by atoms with E-state index in [1.807, 2.05) is 7.05 Å². The molecule has 0 saturated carbocycles. The number of piperidine rings is 1. The van der Waals surface area contributed by atoms with Gasteiger partial charge in [0.05, 0.1) is 7.11 Å². The van der Waals surface area contributed by atoms with Gasteiger partial charge in [0, 0.05) is 33.1 Å². The first-order valence-corrected chi connectivity index (χ1v) is 8.59. The molecule has 0 aromatic heterocycles. The van der Waals surface area contributed by atoms with Gasteiger partial charge in [-0.15, -0.1) is 24.0 Å². The molecule has 0 aliphatic carbocycles. The van der Waals surface area contributed by atoms with Crippen LogP contribution in [0.15, 0.2) is 4.99 Å². The highest BCUT2D eigenvalue weighted by atomic mass is 127. The Morgan fingerprint density at radius 3 is 2.35 bits per heavy atom. The van der Waals surface area contributed by atoms with Gasteiger partial charge in [0.1, 0.15) is 0 Å². The van der Waals surface area contributed by atoms with E-state index in [1.54, 1.807) is 0 Å². The zero-order chi connectivity index (χ0) is 16.4. The van der Waals surface area contributed by atoms with Crippen LogP contribution >= 0.6 is 24.0 Å². The number of rotatable bonds is 7. The summed E-state index contributed by atoms with van der Waals surface area (Å²) in [5, 5.41) is 3.48. The van der Waals surface area contributed by atoms with E-state index in [9.17, 15) is 4.79 Å². The molecule has 136 valence electrons. The molecule has 1 N–H and O–H groups in total.